The molecule has 0 saturated heterocycles. The van der Waals surface area contributed by atoms with Crippen molar-refractivity contribution in [2.75, 3.05) is 11.1 Å². The summed E-state index contributed by atoms with van der Waals surface area (Å²) in [6.45, 7) is 4.16. The molecule has 1 unspecified atom stereocenters. The zero-order valence-electron chi connectivity index (χ0n) is 11.4. The Balaban J connectivity index is 1.95. The van der Waals surface area contributed by atoms with Crippen LogP contribution in [0.25, 0.3) is 10.2 Å². The molecular weight excluding hydrogens is 268 g/mol. The number of aromatic nitrogens is 2. The van der Waals surface area contributed by atoms with E-state index in [2.05, 4.69) is 35.2 Å². The van der Waals surface area contributed by atoms with Crippen molar-refractivity contribution in [1.82, 2.24) is 9.97 Å². The lowest BCUT2D eigenvalue weighted by Crippen LogP contribution is -2.10. The number of thiophene rings is 1. The Kier molecular flexibility index (Phi) is 3.28. The second-order valence-corrected chi connectivity index (χ2v) is 6.03. The molecule has 0 fully saturated rings. The Labute approximate surface area is 121 Å². The number of para-hydroxylation sites is 1. The summed E-state index contributed by atoms with van der Waals surface area (Å²) in [5.74, 6) is 0.857. The van der Waals surface area contributed by atoms with Gasteiger partial charge in [-0.05, 0) is 31.5 Å². The molecule has 1 aromatic carbocycles. The van der Waals surface area contributed by atoms with Crippen LogP contribution in [0.15, 0.2) is 36.7 Å². The predicted molar refractivity (Wildman–Crippen MR) is 85.0 cm³/mol. The second-order valence-electron chi connectivity index (χ2n) is 4.79. The van der Waals surface area contributed by atoms with Crippen LogP contribution in [-0.2, 0) is 0 Å². The van der Waals surface area contributed by atoms with Gasteiger partial charge in [0.15, 0.2) is 0 Å². The first kappa shape index (κ1) is 12.9. The van der Waals surface area contributed by atoms with Crippen LogP contribution in [-0.4, -0.2) is 9.97 Å². The number of nitrogens with two attached hydrogens (primary N) is 1. The van der Waals surface area contributed by atoms with E-state index < -0.39 is 0 Å². The summed E-state index contributed by atoms with van der Waals surface area (Å²) in [4.78, 5) is 10.9. The maximum atomic E-state index is 6.02. The highest BCUT2D eigenvalue weighted by atomic mass is 32.1. The highest BCUT2D eigenvalue weighted by Crippen LogP contribution is 2.30. The van der Waals surface area contributed by atoms with Gasteiger partial charge in [-0.15, -0.1) is 11.3 Å². The van der Waals surface area contributed by atoms with Crippen LogP contribution in [0, 0.1) is 6.92 Å². The van der Waals surface area contributed by atoms with E-state index in [1.807, 2.05) is 24.3 Å². The first-order chi connectivity index (χ1) is 9.65. The molecule has 3 N–H and O–H groups in total. The topological polar surface area (TPSA) is 63.8 Å². The SMILES string of the molecule is Cc1cc2c(NC(C)c3ccccc3N)ncnc2s1. The number of anilines is 2. The lowest BCUT2D eigenvalue weighted by atomic mass is 10.1. The highest BCUT2D eigenvalue weighted by molar-refractivity contribution is 7.18. The minimum atomic E-state index is 0.0921. The van der Waals surface area contributed by atoms with Crippen LogP contribution < -0.4 is 11.1 Å². The van der Waals surface area contributed by atoms with E-state index in [1.165, 1.54) is 4.88 Å². The first-order valence-electron chi connectivity index (χ1n) is 6.47. The summed E-state index contributed by atoms with van der Waals surface area (Å²) in [5.41, 5.74) is 7.89. The van der Waals surface area contributed by atoms with E-state index in [9.17, 15) is 0 Å². The van der Waals surface area contributed by atoms with Crippen LogP contribution in [0.2, 0.25) is 0 Å². The summed E-state index contributed by atoms with van der Waals surface area (Å²) in [6, 6.07) is 10.1. The Bertz CT molecular complexity index is 750. The van der Waals surface area contributed by atoms with Crippen molar-refractivity contribution in [2.45, 2.75) is 19.9 Å². The van der Waals surface area contributed by atoms with Gasteiger partial charge in [-0.3, -0.25) is 0 Å². The molecule has 0 spiro atoms. The number of nitrogens with one attached hydrogen (secondary N) is 1. The fraction of sp³-hybridized carbons (Fsp3) is 0.200. The van der Waals surface area contributed by atoms with E-state index in [0.29, 0.717) is 0 Å². The van der Waals surface area contributed by atoms with Crippen molar-refractivity contribution < 1.29 is 0 Å². The van der Waals surface area contributed by atoms with Gasteiger partial charge in [-0.2, -0.15) is 0 Å². The van der Waals surface area contributed by atoms with E-state index >= 15 is 0 Å². The summed E-state index contributed by atoms with van der Waals surface area (Å²) in [5, 5.41) is 4.50. The standard InChI is InChI=1S/C15H16N4S/c1-9-7-12-14(17-8-18-15(12)20-9)19-10(2)11-5-3-4-6-13(11)16/h3-8,10H,16H2,1-2H3,(H,17,18,19). The number of benzene rings is 1. The third-order valence-electron chi connectivity index (χ3n) is 3.27. The van der Waals surface area contributed by atoms with Crippen molar-refractivity contribution >= 4 is 33.1 Å². The van der Waals surface area contributed by atoms with Crippen molar-refractivity contribution in [1.29, 1.82) is 0 Å². The highest BCUT2D eigenvalue weighted by Gasteiger charge is 2.12. The van der Waals surface area contributed by atoms with Crippen molar-refractivity contribution in [3.05, 3.63) is 47.1 Å². The van der Waals surface area contributed by atoms with E-state index in [4.69, 9.17) is 5.73 Å². The van der Waals surface area contributed by atoms with E-state index in [0.717, 1.165) is 27.3 Å². The molecule has 0 saturated carbocycles. The molecule has 0 aliphatic rings. The molecule has 20 heavy (non-hydrogen) atoms. The first-order valence-corrected chi connectivity index (χ1v) is 7.29. The summed E-state index contributed by atoms with van der Waals surface area (Å²) < 4.78 is 0. The third kappa shape index (κ3) is 2.32. The fourth-order valence-corrected chi connectivity index (χ4v) is 3.13. The third-order valence-corrected chi connectivity index (χ3v) is 4.23. The summed E-state index contributed by atoms with van der Waals surface area (Å²) >= 11 is 1.68. The van der Waals surface area contributed by atoms with E-state index in [1.54, 1.807) is 17.7 Å². The molecule has 1 atom stereocenters. The number of aryl methyl sites for hydroxylation is 1. The number of nitrogen functional groups attached to an aromatic ring is 1. The largest absolute Gasteiger partial charge is 0.398 e. The van der Waals surface area contributed by atoms with Gasteiger partial charge in [0, 0.05) is 10.6 Å². The average Bonchev–Trinajstić information content (AvgIpc) is 2.80. The number of fused-ring (bicyclic) bond motifs is 1. The van der Waals surface area contributed by atoms with Gasteiger partial charge >= 0.3 is 0 Å². The van der Waals surface area contributed by atoms with Gasteiger partial charge in [-0.1, -0.05) is 18.2 Å². The Morgan fingerprint density at radius 1 is 1.25 bits per heavy atom. The molecule has 102 valence electrons. The predicted octanol–water partition coefficient (Wildman–Crippen LogP) is 3.76. The lowest BCUT2D eigenvalue weighted by molar-refractivity contribution is 0.879. The van der Waals surface area contributed by atoms with Gasteiger partial charge in [0.05, 0.1) is 11.4 Å². The minimum Gasteiger partial charge on any atom is -0.398 e. The molecule has 0 bridgehead atoms. The number of rotatable bonds is 3. The molecule has 0 amide bonds. The number of hydrogen-bond donors (Lipinski definition) is 2. The van der Waals surface area contributed by atoms with Crippen LogP contribution >= 0.6 is 11.3 Å². The number of hydrogen-bond acceptors (Lipinski definition) is 5. The molecule has 5 heteroatoms. The van der Waals surface area contributed by atoms with Crippen molar-refractivity contribution in [3.8, 4) is 0 Å². The second kappa shape index (κ2) is 5.09. The summed E-state index contributed by atoms with van der Waals surface area (Å²) in [7, 11) is 0. The van der Waals surface area contributed by atoms with Crippen LogP contribution in [0.4, 0.5) is 11.5 Å². The molecule has 0 aliphatic heterocycles. The molecule has 3 aromatic rings. The van der Waals surface area contributed by atoms with Crippen molar-refractivity contribution in [3.63, 3.8) is 0 Å². The van der Waals surface area contributed by atoms with Crippen LogP contribution in [0.3, 0.4) is 0 Å². The Hall–Kier alpha value is -2.14. The molecule has 3 rings (SSSR count). The Morgan fingerprint density at radius 3 is 2.85 bits per heavy atom. The molecule has 2 heterocycles. The summed E-state index contributed by atoms with van der Waals surface area (Å²) in [6.07, 6.45) is 1.60. The molecule has 2 aromatic heterocycles. The van der Waals surface area contributed by atoms with Gasteiger partial charge in [-0.25, -0.2) is 9.97 Å². The van der Waals surface area contributed by atoms with Gasteiger partial charge in [0.25, 0.3) is 0 Å². The molecular formula is C15H16N4S. The van der Waals surface area contributed by atoms with E-state index in [-0.39, 0.29) is 6.04 Å². The van der Waals surface area contributed by atoms with Crippen LogP contribution in [0.1, 0.15) is 23.4 Å². The average molecular weight is 284 g/mol. The van der Waals surface area contributed by atoms with Gasteiger partial charge in [0.1, 0.15) is 17.0 Å². The van der Waals surface area contributed by atoms with Gasteiger partial charge < -0.3 is 11.1 Å². The zero-order valence-corrected chi connectivity index (χ0v) is 12.2. The lowest BCUT2D eigenvalue weighted by Gasteiger charge is -2.17. The maximum absolute atomic E-state index is 6.02. The molecule has 0 radical (unpaired) electrons. The quantitative estimate of drug-likeness (QED) is 0.719. The van der Waals surface area contributed by atoms with Crippen LogP contribution in [0.5, 0.6) is 0 Å². The fourth-order valence-electron chi connectivity index (χ4n) is 2.28. The normalized spacial score (nSPS) is 12.5. The van der Waals surface area contributed by atoms with Gasteiger partial charge in [0.2, 0.25) is 0 Å². The van der Waals surface area contributed by atoms with Crippen molar-refractivity contribution in [2.24, 2.45) is 0 Å². The molecule has 0 aliphatic carbocycles. The molecule has 4 nitrogen and oxygen atoms in total. The monoisotopic (exact) mass is 284 g/mol. The minimum absolute atomic E-state index is 0.0921. The maximum Gasteiger partial charge on any atom is 0.138 e. The Morgan fingerprint density at radius 2 is 2.05 bits per heavy atom. The number of nitrogens with zero attached hydrogens (tertiary/aromatic N) is 2. The zero-order chi connectivity index (χ0) is 14.1. The smallest absolute Gasteiger partial charge is 0.138 e.